The van der Waals surface area contributed by atoms with Crippen LogP contribution >= 0.6 is 23.5 Å². The zero-order valence-corrected chi connectivity index (χ0v) is 14.6. The standard InChI is InChI=1S/C15H14BrN2O3P/c1-20-22(19,21-2)15-14(9-16)17-12-7-10-5-3-4-6-11(10)8-13(12)18-15/h3-8H,9H2,1-2H3. The van der Waals surface area contributed by atoms with Crippen LogP contribution in [0, 0.1) is 0 Å². The van der Waals surface area contributed by atoms with Gasteiger partial charge in [-0.25, -0.2) is 9.97 Å². The smallest absolute Gasteiger partial charge is 0.307 e. The van der Waals surface area contributed by atoms with Gasteiger partial charge < -0.3 is 9.05 Å². The quantitative estimate of drug-likeness (QED) is 0.391. The van der Waals surface area contributed by atoms with Gasteiger partial charge in [-0.15, -0.1) is 0 Å². The number of hydrogen-bond donors (Lipinski definition) is 0. The van der Waals surface area contributed by atoms with E-state index in [9.17, 15) is 4.57 Å². The van der Waals surface area contributed by atoms with E-state index in [0.29, 0.717) is 16.5 Å². The molecule has 0 atom stereocenters. The lowest BCUT2D eigenvalue weighted by Crippen LogP contribution is -2.19. The molecule has 114 valence electrons. The second kappa shape index (κ2) is 6.05. The van der Waals surface area contributed by atoms with Gasteiger partial charge in [0, 0.05) is 19.5 Å². The first-order chi connectivity index (χ1) is 10.6. The van der Waals surface area contributed by atoms with Gasteiger partial charge in [0.05, 0.1) is 16.7 Å². The summed E-state index contributed by atoms with van der Waals surface area (Å²) in [6, 6.07) is 11.9. The molecule has 0 aliphatic rings. The molecule has 0 fully saturated rings. The number of hydrogen-bond acceptors (Lipinski definition) is 5. The average molecular weight is 381 g/mol. The fourth-order valence-electron chi connectivity index (χ4n) is 2.33. The molecule has 0 radical (unpaired) electrons. The van der Waals surface area contributed by atoms with Crippen LogP contribution in [0.3, 0.4) is 0 Å². The predicted molar refractivity (Wildman–Crippen MR) is 90.9 cm³/mol. The van der Waals surface area contributed by atoms with Crippen LogP contribution in [0.4, 0.5) is 0 Å². The Kier molecular flexibility index (Phi) is 4.28. The monoisotopic (exact) mass is 380 g/mol. The van der Waals surface area contributed by atoms with Gasteiger partial charge in [0.2, 0.25) is 0 Å². The molecule has 0 spiro atoms. The molecule has 22 heavy (non-hydrogen) atoms. The molecule has 7 heteroatoms. The molecule has 0 aliphatic heterocycles. The predicted octanol–water partition coefficient (Wildman–Crippen LogP) is 3.79. The van der Waals surface area contributed by atoms with Crippen molar-refractivity contribution in [3.8, 4) is 0 Å². The van der Waals surface area contributed by atoms with Gasteiger partial charge in [0.15, 0.2) is 5.44 Å². The summed E-state index contributed by atoms with van der Waals surface area (Å²) in [5, 5.41) is 2.54. The van der Waals surface area contributed by atoms with Crippen LogP contribution in [0.5, 0.6) is 0 Å². The van der Waals surface area contributed by atoms with Gasteiger partial charge in [0.1, 0.15) is 0 Å². The van der Waals surface area contributed by atoms with E-state index in [4.69, 9.17) is 9.05 Å². The Bertz CT molecular complexity index is 892. The molecule has 1 heterocycles. The van der Waals surface area contributed by atoms with Crippen molar-refractivity contribution in [2.24, 2.45) is 0 Å². The van der Waals surface area contributed by atoms with Gasteiger partial charge in [-0.2, -0.15) is 0 Å². The number of nitrogens with zero attached hydrogens (tertiary/aromatic N) is 2. The van der Waals surface area contributed by atoms with E-state index in [2.05, 4.69) is 25.9 Å². The molecular formula is C15H14BrN2O3P. The number of rotatable bonds is 4. The summed E-state index contributed by atoms with van der Waals surface area (Å²) >= 11 is 3.36. The molecule has 0 bridgehead atoms. The maximum Gasteiger partial charge on any atom is 0.380 e. The maximum atomic E-state index is 12.7. The largest absolute Gasteiger partial charge is 0.380 e. The van der Waals surface area contributed by atoms with E-state index in [1.54, 1.807) is 0 Å². The zero-order chi connectivity index (χ0) is 15.7. The summed E-state index contributed by atoms with van der Waals surface area (Å²) in [6.07, 6.45) is 0. The van der Waals surface area contributed by atoms with Gasteiger partial charge in [-0.1, -0.05) is 40.2 Å². The first-order valence-electron chi connectivity index (χ1n) is 6.59. The summed E-state index contributed by atoms with van der Waals surface area (Å²) in [6.45, 7) is 0. The van der Waals surface area contributed by atoms with Gasteiger partial charge in [0.25, 0.3) is 0 Å². The van der Waals surface area contributed by atoms with Crippen LogP contribution in [0.15, 0.2) is 36.4 Å². The average Bonchev–Trinajstić information content (AvgIpc) is 2.58. The minimum absolute atomic E-state index is 0.247. The Balaban J connectivity index is 2.34. The molecule has 5 nitrogen and oxygen atoms in total. The highest BCUT2D eigenvalue weighted by molar-refractivity contribution is 9.08. The lowest BCUT2D eigenvalue weighted by molar-refractivity contribution is 0.286. The van der Waals surface area contributed by atoms with Crippen molar-refractivity contribution in [1.82, 2.24) is 9.97 Å². The van der Waals surface area contributed by atoms with Crippen molar-refractivity contribution in [1.29, 1.82) is 0 Å². The first-order valence-corrected chi connectivity index (χ1v) is 9.25. The van der Waals surface area contributed by atoms with E-state index in [1.807, 2.05) is 36.4 Å². The molecule has 0 unspecified atom stereocenters. The van der Waals surface area contributed by atoms with Gasteiger partial charge in [-0.3, -0.25) is 4.57 Å². The highest BCUT2D eigenvalue weighted by atomic mass is 79.9. The highest BCUT2D eigenvalue weighted by Crippen LogP contribution is 2.45. The molecule has 0 amide bonds. The third-order valence-electron chi connectivity index (χ3n) is 3.45. The molecular weight excluding hydrogens is 367 g/mol. The Hall–Kier alpha value is -1.33. The summed E-state index contributed by atoms with van der Waals surface area (Å²) in [5.41, 5.74) is 2.20. The fraction of sp³-hybridized carbons (Fsp3) is 0.200. The number of benzene rings is 2. The first kappa shape index (κ1) is 15.6. The third-order valence-corrected chi connectivity index (χ3v) is 5.82. The van der Waals surface area contributed by atoms with E-state index in [-0.39, 0.29) is 5.44 Å². The Morgan fingerprint density at radius 3 is 2.09 bits per heavy atom. The van der Waals surface area contributed by atoms with Crippen molar-refractivity contribution in [2.75, 3.05) is 14.2 Å². The van der Waals surface area contributed by atoms with Crippen LogP contribution in [0.1, 0.15) is 5.69 Å². The zero-order valence-electron chi connectivity index (χ0n) is 12.1. The van der Waals surface area contributed by atoms with Crippen LogP contribution < -0.4 is 5.44 Å². The van der Waals surface area contributed by atoms with Gasteiger partial charge >= 0.3 is 7.60 Å². The minimum atomic E-state index is -3.46. The summed E-state index contributed by atoms with van der Waals surface area (Å²) in [5.74, 6) is 0. The normalized spacial score (nSPS) is 12.1. The van der Waals surface area contributed by atoms with Crippen LogP contribution in [0.2, 0.25) is 0 Å². The van der Waals surface area contributed by atoms with Crippen molar-refractivity contribution in [3.63, 3.8) is 0 Å². The Morgan fingerprint density at radius 2 is 1.59 bits per heavy atom. The molecule has 3 rings (SSSR count). The van der Waals surface area contributed by atoms with Gasteiger partial charge in [-0.05, 0) is 22.9 Å². The highest BCUT2D eigenvalue weighted by Gasteiger charge is 2.30. The molecule has 3 aromatic rings. The van der Waals surface area contributed by atoms with E-state index >= 15 is 0 Å². The second-order valence-electron chi connectivity index (χ2n) is 4.68. The van der Waals surface area contributed by atoms with Crippen molar-refractivity contribution >= 4 is 50.8 Å². The number of aromatic nitrogens is 2. The Morgan fingerprint density at radius 1 is 1.05 bits per heavy atom. The van der Waals surface area contributed by atoms with Crippen LogP contribution in [-0.4, -0.2) is 24.2 Å². The van der Waals surface area contributed by atoms with E-state index in [0.717, 1.165) is 16.3 Å². The summed E-state index contributed by atoms with van der Waals surface area (Å²) < 4.78 is 22.8. The van der Waals surface area contributed by atoms with Crippen molar-refractivity contribution in [3.05, 3.63) is 42.1 Å². The Labute approximate surface area is 136 Å². The van der Waals surface area contributed by atoms with Crippen LogP contribution in [-0.2, 0) is 18.9 Å². The maximum absolute atomic E-state index is 12.7. The fourth-order valence-corrected chi connectivity index (χ4v) is 4.10. The number of alkyl halides is 1. The lowest BCUT2D eigenvalue weighted by Gasteiger charge is -2.16. The molecule has 0 aliphatic carbocycles. The topological polar surface area (TPSA) is 61.3 Å². The summed E-state index contributed by atoms with van der Waals surface area (Å²) in [7, 11) is -0.772. The third kappa shape index (κ3) is 2.57. The molecule has 2 aromatic carbocycles. The molecule has 0 saturated carbocycles. The van der Waals surface area contributed by atoms with E-state index < -0.39 is 7.60 Å². The number of halogens is 1. The lowest BCUT2D eigenvalue weighted by atomic mass is 10.1. The molecule has 0 N–H and O–H groups in total. The second-order valence-corrected chi connectivity index (χ2v) is 7.39. The minimum Gasteiger partial charge on any atom is -0.307 e. The number of fused-ring (bicyclic) bond motifs is 2. The SMILES string of the molecule is COP(=O)(OC)c1nc2cc3ccccc3cc2nc1CBr. The van der Waals surface area contributed by atoms with E-state index in [1.165, 1.54) is 14.2 Å². The van der Waals surface area contributed by atoms with Crippen molar-refractivity contribution < 1.29 is 13.6 Å². The summed E-state index contributed by atoms with van der Waals surface area (Å²) in [4.78, 5) is 9.07. The van der Waals surface area contributed by atoms with Crippen LogP contribution in [0.25, 0.3) is 21.8 Å². The molecule has 1 aromatic heterocycles. The molecule has 0 saturated heterocycles. The van der Waals surface area contributed by atoms with Crippen molar-refractivity contribution in [2.45, 2.75) is 5.33 Å².